The number of nitrogens with zero attached hydrogens (tertiary/aromatic N) is 2. The Bertz CT molecular complexity index is 1400. The van der Waals surface area contributed by atoms with Gasteiger partial charge in [0.1, 0.15) is 12.6 Å². The van der Waals surface area contributed by atoms with Gasteiger partial charge in [0, 0.05) is 12.6 Å². The van der Waals surface area contributed by atoms with Gasteiger partial charge in [-0.25, -0.2) is 8.42 Å². The molecule has 0 bridgehead atoms. The maximum absolute atomic E-state index is 14.1. The van der Waals surface area contributed by atoms with E-state index >= 15 is 0 Å². The van der Waals surface area contributed by atoms with E-state index in [0.717, 1.165) is 42.4 Å². The number of anilines is 1. The molecular formula is C32H39N3O4S. The van der Waals surface area contributed by atoms with Crippen LogP contribution in [0.25, 0.3) is 0 Å². The molecule has 212 valence electrons. The second kappa shape index (κ2) is 13.1. The van der Waals surface area contributed by atoms with Gasteiger partial charge in [0.25, 0.3) is 10.0 Å². The highest BCUT2D eigenvalue weighted by Crippen LogP contribution is 2.28. The Morgan fingerprint density at radius 2 is 1.52 bits per heavy atom. The molecule has 40 heavy (non-hydrogen) atoms. The van der Waals surface area contributed by atoms with Crippen molar-refractivity contribution in [3.05, 3.63) is 95.6 Å². The number of hydrogen-bond donors (Lipinski definition) is 1. The molecule has 1 aliphatic rings. The molecule has 1 unspecified atom stereocenters. The summed E-state index contributed by atoms with van der Waals surface area (Å²) in [5.41, 5.74) is 3.02. The van der Waals surface area contributed by atoms with E-state index in [-0.39, 0.29) is 23.4 Å². The highest BCUT2D eigenvalue weighted by molar-refractivity contribution is 7.92. The minimum atomic E-state index is -4.07. The summed E-state index contributed by atoms with van der Waals surface area (Å²) in [6, 6.07) is 22.4. The predicted molar refractivity (Wildman–Crippen MR) is 158 cm³/mol. The van der Waals surface area contributed by atoms with Crippen LogP contribution in [0.4, 0.5) is 5.69 Å². The van der Waals surface area contributed by atoms with Crippen LogP contribution in [0.3, 0.4) is 0 Å². The number of hydrogen-bond acceptors (Lipinski definition) is 4. The van der Waals surface area contributed by atoms with Crippen molar-refractivity contribution < 1.29 is 18.0 Å². The summed E-state index contributed by atoms with van der Waals surface area (Å²) in [7, 11) is -4.07. The Balaban J connectivity index is 1.68. The van der Waals surface area contributed by atoms with Crippen molar-refractivity contribution in [2.75, 3.05) is 10.8 Å². The Hall–Kier alpha value is -3.65. The van der Waals surface area contributed by atoms with E-state index in [0.29, 0.717) is 5.69 Å². The van der Waals surface area contributed by atoms with Crippen molar-refractivity contribution in [3.63, 3.8) is 0 Å². The first-order valence-electron chi connectivity index (χ1n) is 14.0. The molecule has 3 aromatic rings. The third-order valence-corrected chi connectivity index (χ3v) is 9.32. The lowest BCUT2D eigenvalue weighted by molar-refractivity contribution is -0.139. The maximum Gasteiger partial charge on any atom is 0.264 e. The summed E-state index contributed by atoms with van der Waals surface area (Å²) in [5.74, 6) is -0.671. The van der Waals surface area contributed by atoms with E-state index in [4.69, 9.17) is 0 Å². The van der Waals surface area contributed by atoms with Crippen LogP contribution in [0.5, 0.6) is 0 Å². The molecular weight excluding hydrogens is 522 g/mol. The molecule has 0 spiro atoms. The SMILES string of the molecule is Cc1ccc(N(CC(=O)N(Cc2ccccc2)C(C)C(=O)NC2CCCCC2)S(=O)(=O)c2ccccc2)c(C)c1. The molecule has 1 saturated carbocycles. The molecule has 0 radical (unpaired) electrons. The smallest absolute Gasteiger partial charge is 0.264 e. The van der Waals surface area contributed by atoms with Gasteiger partial charge < -0.3 is 10.2 Å². The minimum absolute atomic E-state index is 0.0977. The molecule has 0 saturated heterocycles. The molecule has 0 aliphatic heterocycles. The average Bonchev–Trinajstić information content (AvgIpc) is 2.96. The number of sulfonamides is 1. The molecule has 1 aliphatic carbocycles. The number of aryl methyl sites for hydroxylation is 2. The van der Waals surface area contributed by atoms with E-state index in [1.165, 1.54) is 27.8 Å². The van der Waals surface area contributed by atoms with Crippen molar-refractivity contribution in [2.45, 2.75) is 76.4 Å². The van der Waals surface area contributed by atoms with Crippen LogP contribution in [0.2, 0.25) is 0 Å². The summed E-state index contributed by atoms with van der Waals surface area (Å²) < 4.78 is 29.0. The van der Waals surface area contributed by atoms with Gasteiger partial charge in [-0.3, -0.25) is 13.9 Å². The first-order valence-corrected chi connectivity index (χ1v) is 15.4. The Morgan fingerprint density at radius 3 is 2.15 bits per heavy atom. The zero-order chi connectivity index (χ0) is 28.7. The fraction of sp³-hybridized carbons (Fsp3) is 0.375. The molecule has 0 aromatic heterocycles. The average molecular weight is 562 g/mol. The fourth-order valence-corrected chi connectivity index (χ4v) is 6.75. The van der Waals surface area contributed by atoms with Crippen LogP contribution in [0, 0.1) is 13.8 Å². The third kappa shape index (κ3) is 7.10. The van der Waals surface area contributed by atoms with Crippen LogP contribution < -0.4 is 9.62 Å². The summed E-state index contributed by atoms with van der Waals surface area (Å²) in [5, 5.41) is 3.13. The van der Waals surface area contributed by atoms with E-state index in [1.807, 2.05) is 56.3 Å². The molecule has 8 heteroatoms. The van der Waals surface area contributed by atoms with Gasteiger partial charge in [0.05, 0.1) is 10.6 Å². The molecule has 7 nitrogen and oxygen atoms in total. The highest BCUT2D eigenvalue weighted by atomic mass is 32.2. The number of benzene rings is 3. The van der Waals surface area contributed by atoms with Crippen molar-refractivity contribution in [3.8, 4) is 0 Å². The molecule has 4 rings (SSSR count). The lowest BCUT2D eigenvalue weighted by atomic mass is 9.95. The zero-order valence-corrected chi connectivity index (χ0v) is 24.4. The normalized spacial score (nSPS) is 14.8. The lowest BCUT2D eigenvalue weighted by Gasteiger charge is -2.33. The van der Waals surface area contributed by atoms with Gasteiger partial charge >= 0.3 is 0 Å². The first-order chi connectivity index (χ1) is 19.2. The molecule has 2 amide bonds. The number of rotatable bonds is 10. The van der Waals surface area contributed by atoms with Gasteiger partial charge in [0.15, 0.2) is 0 Å². The monoisotopic (exact) mass is 561 g/mol. The van der Waals surface area contributed by atoms with E-state index in [2.05, 4.69) is 5.32 Å². The van der Waals surface area contributed by atoms with Crippen LogP contribution in [0.1, 0.15) is 55.7 Å². The number of carbonyl (C=O) groups is 2. The Kier molecular flexibility index (Phi) is 9.63. The predicted octanol–water partition coefficient (Wildman–Crippen LogP) is 5.36. The van der Waals surface area contributed by atoms with Crippen LogP contribution in [-0.2, 0) is 26.2 Å². The second-order valence-electron chi connectivity index (χ2n) is 10.6. The van der Waals surface area contributed by atoms with E-state index in [1.54, 1.807) is 31.2 Å². The zero-order valence-electron chi connectivity index (χ0n) is 23.5. The summed E-state index contributed by atoms with van der Waals surface area (Å²) in [6.45, 7) is 5.24. The molecule has 0 heterocycles. The van der Waals surface area contributed by atoms with E-state index < -0.39 is 28.5 Å². The van der Waals surface area contributed by atoms with Gasteiger partial charge in [-0.15, -0.1) is 0 Å². The van der Waals surface area contributed by atoms with Crippen molar-refractivity contribution in [2.24, 2.45) is 0 Å². The fourth-order valence-electron chi connectivity index (χ4n) is 5.25. The summed E-state index contributed by atoms with van der Waals surface area (Å²) in [6.07, 6.45) is 5.19. The van der Waals surface area contributed by atoms with Crippen molar-refractivity contribution in [1.29, 1.82) is 0 Å². The highest BCUT2D eigenvalue weighted by Gasteiger charge is 2.33. The van der Waals surface area contributed by atoms with Gasteiger partial charge in [-0.05, 0) is 62.9 Å². The Morgan fingerprint density at radius 1 is 0.900 bits per heavy atom. The molecule has 3 aromatic carbocycles. The van der Waals surface area contributed by atoms with Crippen LogP contribution in [0.15, 0.2) is 83.8 Å². The first kappa shape index (κ1) is 29.3. The summed E-state index contributed by atoms with van der Waals surface area (Å²) in [4.78, 5) is 29.0. The second-order valence-corrected chi connectivity index (χ2v) is 12.5. The maximum atomic E-state index is 14.1. The Labute approximate surface area is 238 Å². The summed E-state index contributed by atoms with van der Waals surface area (Å²) >= 11 is 0. The number of carbonyl (C=O) groups excluding carboxylic acids is 2. The largest absolute Gasteiger partial charge is 0.352 e. The molecule has 1 N–H and O–H groups in total. The topological polar surface area (TPSA) is 86.8 Å². The third-order valence-electron chi connectivity index (χ3n) is 7.55. The van der Waals surface area contributed by atoms with E-state index in [9.17, 15) is 18.0 Å². The lowest BCUT2D eigenvalue weighted by Crippen LogP contribution is -2.53. The van der Waals surface area contributed by atoms with Crippen molar-refractivity contribution in [1.82, 2.24) is 10.2 Å². The van der Waals surface area contributed by atoms with Crippen molar-refractivity contribution >= 4 is 27.5 Å². The minimum Gasteiger partial charge on any atom is -0.352 e. The molecule has 1 atom stereocenters. The number of nitrogens with one attached hydrogen (secondary N) is 1. The molecule has 1 fully saturated rings. The standard InChI is InChI=1S/C32H39N3O4S/c1-24-19-20-30(25(2)21-24)35(40(38,39)29-17-11-6-12-18-29)23-31(36)34(22-27-13-7-4-8-14-27)26(3)32(37)33-28-15-9-5-10-16-28/h4,6-8,11-14,17-21,26,28H,5,9-10,15-16,22-23H2,1-3H3,(H,33,37). The van der Waals surface area contributed by atoms with Gasteiger partial charge in [-0.1, -0.05) is 85.5 Å². The van der Waals surface area contributed by atoms with Gasteiger partial charge in [0.2, 0.25) is 11.8 Å². The van der Waals surface area contributed by atoms with Crippen LogP contribution in [-0.4, -0.2) is 43.8 Å². The van der Waals surface area contributed by atoms with Crippen LogP contribution >= 0.6 is 0 Å². The number of amides is 2. The quantitative estimate of drug-likeness (QED) is 0.361. The van der Waals surface area contributed by atoms with Gasteiger partial charge in [-0.2, -0.15) is 0 Å².